The standard InChI is InChI=1S/C10H19O13S4/c1-24(15,16)7(11)6-9(13,26(3,19)20)10(14,27(4,21)22)8(12,5-23-6)25(2,17)18/h5-7,11-14H,1-4H3/t6-,7?,8-,9+,10+/m1/s1. The zero-order chi connectivity index (χ0) is 22.1. The van der Waals surface area contributed by atoms with E-state index in [0.29, 0.717) is 6.26 Å². The first-order valence-corrected chi connectivity index (χ1v) is 14.3. The van der Waals surface area contributed by atoms with Crippen LogP contribution in [0.4, 0.5) is 0 Å². The van der Waals surface area contributed by atoms with Crippen LogP contribution < -0.4 is 0 Å². The first-order valence-electron chi connectivity index (χ1n) is 6.63. The molecule has 0 saturated carbocycles. The molecule has 0 bridgehead atoms. The quantitative estimate of drug-likeness (QED) is 0.293. The van der Waals surface area contributed by atoms with Crippen LogP contribution in [0.2, 0.25) is 0 Å². The number of hydrogen-bond donors (Lipinski definition) is 4. The Kier molecular flexibility index (Phi) is 5.75. The number of sulfone groups is 4. The van der Waals surface area contributed by atoms with Crippen molar-refractivity contribution in [1.29, 1.82) is 0 Å². The van der Waals surface area contributed by atoms with E-state index in [1.807, 2.05) is 0 Å². The molecular formula is C10H19O13S4. The predicted molar refractivity (Wildman–Crippen MR) is 89.4 cm³/mol. The molecule has 1 aliphatic heterocycles. The van der Waals surface area contributed by atoms with Gasteiger partial charge in [0.25, 0.3) is 4.93 Å². The number of rotatable bonds is 5. The van der Waals surface area contributed by atoms with Crippen molar-refractivity contribution in [2.24, 2.45) is 0 Å². The lowest BCUT2D eigenvalue weighted by Gasteiger charge is -2.54. The Morgan fingerprint density at radius 3 is 1.48 bits per heavy atom. The Bertz CT molecular complexity index is 1040. The van der Waals surface area contributed by atoms with Crippen molar-refractivity contribution in [3.63, 3.8) is 0 Å². The van der Waals surface area contributed by atoms with E-state index in [1.165, 1.54) is 0 Å². The molecule has 0 aromatic heterocycles. The number of ether oxygens (including phenoxy) is 1. The molecule has 161 valence electrons. The Hall–Kier alpha value is -0.400. The van der Waals surface area contributed by atoms with Crippen LogP contribution >= 0.6 is 0 Å². The van der Waals surface area contributed by atoms with E-state index in [-0.39, 0.29) is 25.4 Å². The third-order valence-electron chi connectivity index (χ3n) is 4.10. The summed E-state index contributed by atoms with van der Waals surface area (Å²) in [6.45, 7) is -0.262. The van der Waals surface area contributed by atoms with Crippen molar-refractivity contribution < 1.29 is 58.8 Å². The molecule has 5 atom stereocenters. The minimum atomic E-state index is -5.44. The lowest BCUT2D eigenvalue weighted by atomic mass is 9.97. The van der Waals surface area contributed by atoms with Crippen molar-refractivity contribution in [2.75, 3.05) is 25.0 Å². The number of hydrogen-bond acceptors (Lipinski definition) is 13. The fraction of sp³-hybridized carbons (Fsp3) is 0.900. The van der Waals surface area contributed by atoms with Gasteiger partial charge in [-0.25, -0.2) is 33.7 Å². The third kappa shape index (κ3) is 3.21. The van der Waals surface area contributed by atoms with E-state index in [9.17, 15) is 54.1 Å². The molecule has 1 saturated heterocycles. The van der Waals surface area contributed by atoms with E-state index in [0.717, 1.165) is 0 Å². The van der Waals surface area contributed by atoms with E-state index in [2.05, 4.69) is 4.74 Å². The maximum absolute atomic E-state index is 12.2. The van der Waals surface area contributed by atoms with Gasteiger partial charge < -0.3 is 25.2 Å². The molecule has 0 amide bonds. The minimum Gasteiger partial charge on any atom is -0.375 e. The molecular weight excluding hydrogens is 456 g/mol. The van der Waals surface area contributed by atoms with E-state index in [1.54, 1.807) is 0 Å². The molecule has 4 N–H and O–H groups in total. The second-order valence-corrected chi connectivity index (χ2v) is 14.9. The van der Waals surface area contributed by atoms with Crippen molar-refractivity contribution in [3.05, 3.63) is 6.61 Å². The van der Waals surface area contributed by atoms with Gasteiger partial charge in [-0.05, 0) is 0 Å². The van der Waals surface area contributed by atoms with Gasteiger partial charge in [0.05, 0.1) is 0 Å². The van der Waals surface area contributed by atoms with Gasteiger partial charge in [-0.2, -0.15) is 0 Å². The van der Waals surface area contributed by atoms with Crippen LogP contribution in [0.1, 0.15) is 0 Å². The van der Waals surface area contributed by atoms with Crippen LogP contribution in [0.5, 0.6) is 0 Å². The highest BCUT2D eigenvalue weighted by Gasteiger charge is 2.82. The molecule has 1 unspecified atom stereocenters. The highest BCUT2D eigenvalue weighted by Crippen LogP contribution is 2.52. The lowest BCUT2D eigenvalue weighted by Crippen LogP contribution is -2.83. The molecule has 0 aromatic rings. The van der Waals surface area contributed by atoms with Crippen molar-refractivity contribution >= 4 is 39.3 Å². The van der Waals surface area contributed by atoms with Gasteiger partial charge in [0.15, 0.2) is 44.8 Å². The third-order valence-corrected chi connectivity index (χ3v) is 10.4. The summed E-state index contributed by atoms with van der Waals surface area (Å²) >= 11 is 0. The number of aliphatic hydroxyl groups excluding tert-OH is 1. The van der Waals surface area contributed by atoms with Crippen LogP contribution in [0.25, 0.3) is 0 Å². The zero-order valence-electron chi connectivity index (χ0n) is 14.3. The average Bonchev–Trinajstić information content (AvgIpc) is 2.39. The molecule has 0 spiro atoms. The van der Waals surface area contributed by atoms with Gasteiger partial charge in [0, 0.05) is 25.0 Å². The maximum atomic E-state index is 12.2. The monoisotopic (exact) mass is 475 g/mol. The molecule has 27 heavy (non-hydrogen) atoms. The SMILES string of the molecule is CS(=O)(=O)C(O)[C@H]1O[CH][C@@](O)(S(C)(=O)=O)[C@](O)(S(C)(=O)=O)[C@@]1(O)S(C)(=O)=O. The van der Waals surface area contributed by atoms with E-state index in [4.69, 9.17) is 0 Å². The Balaban J connectivity index is 4.21. The summed E-state index contributed by atoms with van der Waals surface area (Å²) in [5.74, 6) is 0. The summed E-state index contributed by atoms with van der Waals surface area (Å²) in [6.07, 6.45) is -2.19. The van der Waals surface area contributed by atoms with Gasteiger partial charge in [-0.1, -0.05) is 0 Å². The lowest BCUT2D eigenvalue weighted by molar-refractivity contribution is -0.227. The largest absolute Gasteiger partial charge is 0.375 e. The molecule has 1 rings (SSSR count). The summed E-state index contributed by atoms with van der Waals surface area (Å²) in [6, 6.07) is 0. The topological polar surface area (TPSA) is 227 Å². The van der Waals surface area contributed by atoms with Crippen LogP contribution in [-0.4, -0.2) is 105 Å². The van der Waals surface area contributed by atoms with Crippen molar-refractivity contribution in [2.45, 2.75) is 26.3 Å². The van der Waals surface area contributed by atoms with Crippen molar-refractivity contribution in [1.82, 2.24) is 0 Å². The van der Waals surface area contributed by atoms with Gasteiger partial charge in [0.1, 0.15) is 12.7 Å². The first-order chi connectivity index (χ1) is 11.5. The highest BCUT2D eigenvalue weighted by molar-refractivity contribution is 7.98. The number of aliphatic hydroxyl groups is 4. The van der Waals surface area contributed by atoms with Gasteiger partial charge in [-0.15, -0.1) is 0 Å². The molecule has 0 aromatic carbocycles. The Morgan fingerprint density at radius 2 is 1.22 bits per heavy atom. The minimum absolute atomic E-state index is 0.0857. The van der Waals surface area contributed by atoms with Crippen molar-refractivity contribution in [3.8, 4) is 0 Å². The van der Waals surface area contributed by atoms with Crippen LogP contribution in [0.3, 0.4) is 0 Å². The second kappa shape index (κ2) is 6.30. The summed E-state index contributed by atoms with van der Waals surface area (Å²) in [4.78, 5) is -12.9. The van der Waals surface area contributed by atoms with Crippen LogP contribution in [-0.2, 0) is 44.1 Å². The summed E-state index contributed by atoms with van der Waals surface area (Å²) in [5.41, 5.74) is -2.94. The maximum Gasteiger partial charge on any atom is 0.258 e. The predicted octanol–water partition coefficient (Wildman–Crippen LogP) is -4.89. The van der Waals surface area contributed by atoms with Crippen LogP contribution in [0.15, 0.2) is 0 Å². The summed E-state index contributed by atoms with van der Waals surface area (Å²) in [7, 11) is -20.6. The smallest absolute Gasteiger partial charge is 0.258 e. The van der Waals surface area contributed by atoms with E-state index >= 15 is 0 Å². The molecule has 1 radical (unpaired) electrons. The molecule has 1 fully saturated rings. The summed E-state index contributed by atoms with van der Waals surface area (Å²) in [5, 5.41) is 41.8. The normalized spacial score (nSPS) is 37.7. The summed E-state index contributed by atoms with van der Waals surface area (Å²) < 4.78 is 101. The Labute approximate surface area is 156 Å². The molecule has 1 aliphatic rings. The fourth-order valence-corrected chi connectivity index (χ4v) is 8.66. The highest BCUT2D eigenvalue weighted by atomic mass is 32.2. The fourth-order valence-electron chi connectivity index (χ4n) is 2.60. The van der Waals surface area contributed by atoms with E-state index < -0.39 is 65.7 Å². The molecule has 1 heterocycles. The average molecular weight is 476 g/mol. The molecule has 13 nitrogen and oxygen atoms in total. The van der Waals surface area contributed by atoms with Crippen LogP contribution in [0, 0.1) is 6.61 Å². The second-order valence-electron chi connectivity index (χ2n) is 6.25. The molecule has 17 heteroatoms. The van der Waals surface area contributed by atoms with Gasteiger partial charge in [-0.3, -0.25) is 0 Å². The first kappa shape index (κ1) is 24.6. The Morgan fingerprint density at radius 1 is 0.815 bits per heavy atom. The zero-order valence-corrected chi connectivity index (χ0v) is 17.6. The molecule has 0 aliphatic carbocycles. The van der Waals surface area contributed by atoms with Gasteiger partial charge >= 0.3 is 0 Å². The van der Waals surface area contributed by atoms with Gasteiger partial charge in [0.2, 0.25) is 9.87 Å².